The predicted molar refractivity (Wildman–Crippen MR) is 99.0 cm³/mol. The van der Waals surface area contributed by atoms with E-state index in [1.807, 2.05) is 24.3 Å². The van der Waals surface area contributed by atoms with Crippen LogP contribution >= 0.6 is 11.8 Å². The van der Waals surface area contributed by atoms with Gasteiger partial charge in [0.2, 0.25) is 0 Å². The summed E-state index contributed by atoms with van der Waals surface area (Å²) in [6, 6.07) is 21.0. The van der Waals surface area contributed by atoms with Crippen LogP contribution in [-0.2, 0) is 9.53 Å². The average molecular weight is 341 g/mol. The van der Waals surface area contributed by atoms with Crippen molar-refractivity contribution in [3.8, 4) is 0 Å². The number of morpholine rings is 1. The van der Waals surface area contributed by atoms with Crippen LogP contribution in [0.1, 0.15) is 29.3 Å². The first kappa shape index (κ1) is 17.2. The summed E-state index contributed by atoms with van der Waals surface area (Å²) < 4.78 is 5.54. The molecule has 0 aromatic heterocycles. The quantitative estimate of drug-likeness (QED) is 0.819. The molecule has 1 aliphatic heterocycles. The number of rotatable bonds is 5. The lowest BCUT2D eigenvalue weighted by atomic mass is 9.96. The van der Waals surface area contributed by atoms with Gasteiger partial charge in [0.1, 0.15) is 0 Å². The van der Waals surface area contributed by atoms with Crippen molar-refractivity contribution < 1.29 is 9.53 Å². The minimum atomic E-state index is 0.0733. The monoisotopic (exact) mass is 341 g/mol. The number of hydrogen-bond acceptors (Lipinski definition) is 4. The third-order valence-corrected chi connectivity index (χ3v) is 5.40. The molecule has 0 N–H and O–H groups in total. The molecular weight excluding hydrogens is 318 g/mol. The molecule has 24 heavy (non-hydrogen) atoms. The van der Waals surface area contributed by atoms with E-state index in [9.17, 15) is 4.79 Å². The van der Waals surface area contributed by atoms with E-state index in [-0.39, 0.29) is 16.4 Å². The number of benzene rings is 2. The Labute approximate surface area is 148 Å². The van der Waals surface area contributed by atoms with Crippen LogP contribution in [0.3, 0.4) is 0 Å². The summed E-state index contributed by atoms with van der Waals surface area (Å²) in [6.45, 7) is 4.93. The highest BCUT2D eigenvalue weighted by Crippen LogP contribution is 2.44. The zero-order chi connectivity index (χ0) is 16.8. The molecular formula is C20H23NO2S. The normalized spacial score (nSPS) is 18.0. The van der Waals surface area contributed by atoms with E-state index >= 15 is 0 Å². The molecule has 3 nitrogen and oxygen atoms in total. The van der Waals surface area contributed by atoms with Crippen LogP contribution in [0, 0.1) is 0 Å². The molecule has 0 amide bonds. The summed E-state index contributed by atoms with van der Waals surface area (Å²) in [5, 5.41) is 0.224. The predicted octanol–water partition coefficient (Wildman–Crippen LogP) is 4.08. The highest BCUT2D eigenvalue weighted by Gasteiger charge is 2.32. The van der Waals surface area contributed by atoms with E-state index in [0.29, 0.717) is 0 Å². The third-order valence-electron chi connectivity index (χ3n) is 4.29. The molecule has 0 unspecified atom stereocenters. The Bertz CT molecular complexity index is 641. The minimum Gasteiger partial charge on any atom is -0.379 e. The van der Waals surface area contributed by atoms with Crippen molar-refractivity contribution >= 4 is 16.9 Å². The van der Waals surface area contributed by atoms with Crippen LogP contribution < -0.4 is 0 Å². The molecule has 2 aromatic carbocycles. The van der Waals surface area contributed by atoms with E-state index in [0.717, 1.165) is 26.3 Å². The number of nitrogens with zero attached hydrogens (tertiary/aromatic N) is 1. The van der Waals surface area contributed by atoms with Crippen molar-refractivity contribution in [3.63, 3.8) is 0 Å². The SMILES string of the molecule is CC(=O)S[C@H](c1ccccc1)[C@H](c1ccccc1)N1CCOCC1. The van der Waals surface area contributed by atoms with Gasteiger partial charge in [0.25, 0.3) is 0 Å². The first-order chi connectivity index (χ1) is 11.8. The van der Waals surface area contributed by atoms with Crippen molar-refractivity contribution in [2.75, 3.05) is 26.3 Å². The lowest BCUT2D eigenvalue weighted by molar-refractivity contribution is -0.109. The van der Waals surface area contributed by atoms with Gasteiger partial charge in [0.15, 0.2) is 5.12 Å². The van der Waals surface area contributed by atoms with E-state index in [2.05, 4.69) is 41.3 Å². The zero-order valence-electron chi connectivity index (χ0n) is 13.9. The summed E-state index contributed by atoms with van der Waals surface area (Å²) in [6.07, 6.45) is 0. The summed E-state index contributed by atoms with van der Waals surface area (Å²) in [7, 11) is 0. The first-order valence-corrected chi connectivity index (χ1v) is 9.22. The number of ether oxygens (including phenoxy) is 1. The summed E-state index contributed by atoms with van der Waals surface area (Å²) in [5.74, 6) is 0. The Morgan fingerprint density at radius 1 is 0.958 bits per heavy atom. The Kier molecular flexibility index (Phi) is 6.07. The van der Waals surface area contributed by atoms with Crippen molar-refractivity contribution in [2.45, 2.75) is 18.2 Å². The number of thioether (sulfide) groups is 1. The second-order valence-electron chi connectivity index (χ2n) is 5.94. The van der Waals surface area contributed by atoms with Gasteiger partial charge < -0.3 is 4.74 Å². The van der Waals surface area contributed by atoms with E-state index in [1.54, 1.807) is 6.92 Å². The maximum Gasteiger partial charge on any atom is 0.186 e. The fourth-order valence-corrected chi connectivity index (χ4v) is 4.33. The van der Waals surface area contributed by atoms with Crippen LogP contribution in [0.15, 0.2) is 60.7 Å². The molecule has 1 saturated heterocycles. The van der Waals surface area contributed by atoms with Crippen LogP contribution in [0.2, 0.25) is 0 Å². The second-order valence-corrected chi connectivity index (χ2v) is 7.26. The zero-order valence-corrected chi connectivity index (χ0v) is 14.7. The van der Waals surface area contributed by atoms with Gasteiger partial charge in [-0.1, -0.05) is 72.4 Å². The average Bonchev–Trinajstić information content (AvgIpc) is 2.63. The topological polar surface area (TPSA) is 29.5 Å². The molecule has 3 rings (SSSR count). The van der Waals surface area contributed by atoms with Crippen molar-refractivity contribution in [2.24, 2.45) is 0 Å². The highest BCUT2D eigenvalue weighted by atomic mass is 32.2. The minimum absolute atomic E-state index is 0.0733. The van der Waals surface area contributed by atoms with E-state index in [1.165, 1.54) is 22.9 Å². The van der Waals surface area contributed by atoms with E-state index in [4.69, 9.17) is 4.74 Å². The molecule has 0 spiro atoms. The molecule has 2 aromatic rings. The Hall–Kier alpha value is -1.62. The van der Waals surface area contributed by atoms with Crippen molar-refractivity contribution in [3.05, 3.63) is 71.8 Å². The fourth-order valence-electron chi connectivity index (χ4n) is 3.22. The standard InChI is InChI=1S/C20H23NO2S/c1-16(22)24-20(18-10-6-3-7-11-18)19(17-8-4-2-5-9-17)21-12-14-23-15-13-21/h2-11,19-20H,12-15H2,1H3/t19-,20+/m0/s1. The molecule has 0 radical (unpaired) electrons. The van der Waals surface area contributed by atoms with Gasteiger partial charge in [-0.15, -0.1) is 0 Å². The van der Waals surface area contributed by atoms with Crippen LogP contribution in [0.4, 0.5) is 0 Å². The fraction of sp³-hybridized carbons (Fsp3) is 0.350. The number of hydrogen-bond donors (Lipinski definition) is 0. The Morgan fingerprint density at radius 2 is 1.50 bits per heavy atom. The molecule has 0 aliphatic carbocycles. The maximum atomic E-state index is 12.0. The molecule has 1 heterocycles. The van der Waals surface area contributed by atoms with E-state index < -0.39 is 0 Å². The van der Waals surface area contributed by atoms with Crippen LogP contribution in [-0.4, -0.2) is 36.3 Å². The largest absolute Gasteiger partial charge is 0.379 e. The summed E-state index contributed by atoms with van der Waals surface area (Å²) in [5.41, 5.74) is 2.44. The van der Waals surface area contributed by atoms with Gasteiger partial charge in [-0.2, -0.15) is 0 Å². The molecule has 0 saturated carbocycles. The smallest absolute Gasteiger partial charge is 0.186 e. The van der Waals surface area contributed by atoms with Crippen molar-refractivity contribution in [1.29, 1.82) is 0 Å². The molecule has 1 fully saturated rings. The molecule has 4 heteroatoms. The number of carbonyl (C=O) groups is 1. The first-order valence-electron chi connectivity index (χ1n) is 8.34. The van der Waals surface area contributed by atoms with Crippen LogP contribution in [0.25, 0.3) is 0 Å². The lowest BCUT2D eigenvalue weighted by Gasteiger charge is -2.39. The molecule has 0 bridgehead atoms. The van der Waals surface area contributed by atoms with Gasteiger partial charge in [-0.05, 0) is 11.1 Å². The molecule has 126 valence electrons. The van der Waals surface area contributed by atoms with Crippen LogP contribution in [0.5, 0.6) is 0 Å². The van der Waals surface area contributed by atoms with Gasteiger partial charge in [0, 0.05) is 20.0 Å². The Balaban J connectivity index is 2.00. The van der Waals surface area contributed by atoms with Gasteiger partial charge in [-0.3, -0.25) is 9.69 Å². The number of carbonyl (C=O) groups excluding carboxylic acids is 1. The third kappa shape index (κ3) is 4.26. The van der Waals surface area contributed by atoms with Gasteiger partial charge in [-0.25, -0.2) is 0 Å². The second kappa shape index (κ2) is 8.47. The molecule has 2 atom stereocenters. The Morgan fingerprint density at radius 3 is 2.04 bits per heavy atom. The maximum absolute atomic E-state index is 12.0. The van der Waals surface area contributed by atoms with Crippen molar-refractivity contribution in [1.82, 2.24) is 4.90 Å². The summed E-state index contributed by atoms with van der Waals surface area (Å²) >= 11 is 1.43. The lowest BCUT2D eigenvalue weighted by Crippen LogP contribution is -2.41. The summed E-state index contributed by atoms with van der Waals surface area (Å²) in [4.78, 5) is 14.4. The highest BCUT2D eigenvalue weighted by molar-refractivity contribution is 8.13. The van der Waals surface area contributed by atoms with Gasteiger partial charge >= 0.3 is 0 Å². The van der Waals surface area contributed by atoms with Gasteiger partial charge in [0.05, 0.1) is 24.5 Å². The molecule has 1 aliphatic rings.